The van der Waals surface area contributed by atoms with E-state index in [0.29, 0.717) is 29.7 Å². The van der Waals surface area contributed by atoms with Crippen LogP contribution in [-0.2, 0) is 9.53 Å². The fraction of sp³-hybridized carbons (Fsp3) is 0.900. The van der Waals surface area contributed by atoms with Gasteiger partial charge in [-0.2, -0.15) is 0 Å². The van der Waals surface area contributed by atoms with Gasteiger partial charge in [-0.25, -0.2) is 0 Å². The quantitative estimate of drug-likeness (QED) is 0.669. The predicted octanol–water partition coefficient (Wildman–Crippen LogP) is 0.403. The van der Waals surface area contributed by atoms with Crippen LogP contribution in [0.1, 0.15) is 13.3 Å². The van der Waals surface area contributed by atoms with Crippen LogP contribution in [-0.4, -0.2) is 25.2 Å². The van der Waals surface area contributed by atoms with Crippen molar-refractivity contribution in [3.8, 4) is 0 Å². The van der Waals surface area contributed by atoms with E-state index in [9.17, 15) is 4.79 Å². The number of ether oxygens (including phenoxy) is 1. The highest BCUT2D eigenvalue weighted by Gasteiger charge is 2.55. The number of carbonyl (C=O) groups excluding carboxylic acids is 1. The van der Waals surface area contributed by atoms with Crippen molar-refractivity contribution >= 4 is 5.91 Å². The molecule has 0 radical (unpaired) electrons. The van der Waals surface area contributed by atoms with Gasteiger partial charge >= 0.3 is 0 Å². The van der Waals surface area contributed by atoms with Crippen LogP contribution in [0.25, 0.3) is 0 Å². The summed E-state index contributed by atoms with van der Waals surface area (Å²) in [6, 6.07) is 0.453. The first-order chi connectivity index (χ1) is 6.27. The first kappa shape index (κ1) is 7.80. The van der Waals surface area contributed by atoms with Crippen molar-refractivity contribution in [1.29, 1.82) is 0 Å². The molecule has 1 heterocycles. The summed E-state index contributed by atoms with van der Waals surface area (Å²) in [5, 5.41) is 3.13. The van der Waals surface area contributed by atoms with E-state index in [-0.39, 0.29) is 5.91 Å². The second-order valence-electron chi connectivity index (χ2n) is 4.72. The van der Waals surface area contributed by atoms with Crippen LogP contribution in [0, 0.1) is 23.7 Å². The Hall–Kier alpha value is -0.570. The molecular weight excluding hydrogens is 166 g/mol. The molecule has 0 aromatic rings. The van der Waals surface area contributed by atoms with Gasteiger partial charge < -0.3 is 10.1 Å². The smallest absolute Gasteiger partial charge is 0.223 e. The molecule has 0 aromatic carbocycles. The summed E-state index contributed by atoms with van der Waals surface area (Å²) in [7, 11) is 0. The van der Waals surface area contributed by atoms with Gasteiger partial charge in [0.05, 0.1) is 13.2 Å². The van der Waals surface area contributed by atoms with Crippen molar-refractivity contribution in [1.82, 2.24) is 5.32 Å². The molecule has 13 heavy (non-hydrogen) atoms. The lowest BCUT2D eigenvalue weighted by Gasteiger charge is -2.06. The highest BCUT2D eigenvalue weighted by atomic mass is 16.5. The molecular formula is C10H15NO2. The number of hydrogen-bond acceptors (Lipinski definition) is 2. The Morgan fingerprint density at radius 1 is 1.38 bits per heavy atom. The molecule has 1 saturated heterocycles. The molecule has 4 atom stereocenters. The van der Waals surface area contributed by atoms with E-state index >= 15 is 0 Å². The maximum atomic E-state index is 11.5. The molecule has 2 unspecified atom stereocenters. The van der Waals surface area contributed by atoms with Crippen molar-refractivity contribution in [2.45, 2.75) is 19.4 Å². The number of rotatable bonds is 2. The molecule has 3 rings (SSSR count). The summed E-state index contributed by atoms with van der Waals surface area (Å²) >= 11 is 0. The molecule has 1 N–H and O–H groups in total. The first-order valence-corrected chi connectivity index (χ1v) is 5.15. The van der Waals surface area contributed by atoms with E-state index in [1.807, 2.05) is 0 Å². The minimum absolute atomic E-state index is 0.284. The minimum Gasteiger partial charge on any atom is -0.381 e. The van der Waals surface area contributed by atoms with Gasteiger partial charge in [0.25, 0.3) is 0 Å². The number of nitrogens with one attached hydrogen (secondary N) is 1. The fourth-order valence-electron chi connectivity index (χ4n) is 2.41. The normalized spacial score (nSPS) is 51.3. The van der Waals surface area contributed by atoms with Gasteiger partial charge in [-0.3, -0.25) is 4.79 Å². The summed E-state index contributed by atoms with van der Waals surface area (Å²) in [6.07, 6.45) is 1.09. The molecule has 0 bridgehead atoms. The molecule has 2 saturated carbocycles. The molecule has 3 nitrogen and oxygen atoms in total. The van der Waals surface area contributed by atoms with Gasteiger partial charge in [-0.15, -0.1) is 0 Å². The number of fused-ring (bicyclic) bond motifs is 1. The van der Waals surface area contributed by atoms with Gasteiger partial charge in [0.15, 0.2) is 0 Å². The van der Waals surface area contributed by atoms with Gasteiger partial charge in [-0.05, 0) is 12.3 Å². The van der Waals surface area contributed by atoms with Crippen LogP contribution in [0.3, 0.4) is 0 Å². The van der Waals surface area contributed by atoms with Crippen molar-refractivity contribution in [2.24, 2.45) is 23.7 Å². The van der Waals surface area contributed by atoms with Crippen molar-refractivity contribution < 1.29 is 9.53 Å². The van der Waals surface area contributed by atoms with Crippen molar-refractivity contribution in [2.75, 3.05) is 13.2 Å². The van der Waals surface area contributed by atoms with Gasteiger partial charge in [0.1, 0.15) is 0 Å². The fourth-order valence-corrected chi connectivity index (χ4v) is 2.41. The van der Waals surface area contributed by atoms with Gasteiger partial charge in [0, 0.05) is 23.8 Å². The van der Waals surface area contributed by atoms with E-state index in [1.54, 1.807) is 0 Å². The molecule has 0 aromatic heterocycles. The summed E-state index contributed by atoms with van der Waals surface area (Å²) in [5.74, 6) is 2.50. The molecule has 3 heteroatoms. The number of amides is 1. The second kappa shape index (κ2) is 2.47. The van der Waals surface area contributed by atoms with E-state index in [4.69, 9.17) is 4.74 Å². The van der Waals surface area contributed by atoms with Crippen LogP contribution < -0.4 is 5.32 Å². The molecule has 2 aliphatic carbocycles. The Kier molecular flexibility index (Phi) is 1.48. The highest BCUT2D eigenvalue weighted by Crippen LogP contribution is 2.45. The summed E-state index contributed by atoms with van der Waals surface area (Å²) in [4.78, 5) is 11.5. The Labute approximate surface area is 77.8 Å². The highest BCUT2D eigenvalue weighted by molar-refractivity contribution is 5.82. The van der Waals surface area contributed by atoms with Crippen LogP contribution in [0.4, 0.5) is 0 Å². The number of hydrogen-bond donors (Lipinski definition) is 1. The average molecular weight is 181 g/mol. The van der Waals surface area contributed by atoms with E-state index < -0.39 is 0 Å². The lowest BCUT2D eigenvalue weighted by atomic mass is 10.3. The largest absolute Gasteiger partial charge is 0.381 e. The van der Waals surface area contributed by atoms with Gasteiger partial charge in [0.2, 0.25) is 5.91 Å². The zero-order valence-electron chi connectivity index (χ0n) is 7.82. The minimum atomic E-state index is 0.284. The third kappa shape index (κ3) is 1.17. The number of carbonyl (C=O) groups is 1. The summed E-state index contributed by atoms with van der Waals surface area (Å²) in [5.41, 5.74) is 0. The molecule has 3 fully saturated rings. The monoisotopic (exact) mass is 181 g/mol. The summed E-state index contributed by atoms with van der Waals surface area (Å²) < 4.78 is 5.26. The van der Waals surface area contributed by atoms with Crippen molar-refractivity contribution in [3.05, 3.63) is 0 Å². The maximum absolute atomic E-state index is 11.5. The topological polar surface area (TPSA) is 38.3 Å². The Balaban J connectivity index is 1.51. The molecule has 3 aliphatic rings. The lowest BCUT2D eigenvalue weighted by molar-refractivity contribution is -0.123. The van der Waals surface area contributed by atoms with Crippen LogP contribution in [0.5, 0.6) is 0 Å². The van der Waals surface area contributed by atoms with E-state index in [2.05, 4.69) is 12.2 Å². The molecule has 1 aliphatic heterocycles. The van der Waals surface area contributed by atoms with E-state index in [1.165, 1.54) is 0 Å². The second-order valence-corrected chi connectivity index (χ2v) is 4.72. The molecule has 72 valence electrons. The lowest BCUT2D eigenvalue weighted by Crippen LogP contribution is -2.31. The van der Waals surface area contributed by atoms with Crippen LogP contribution >= 0.6 is 0 Å². The molecule has 0 spiro atoms. The zero-order chi connectivity index (χ0) is 9.00. The standard InChI is InChI=1S/C10H15NO2/c1-5-2-6(5)10(12)11-9-7-3-13-4-8(7)9/h5-9H,2-4H2,1H3,(H,11,12)/t5?,6?,7-,8-/m0/s1. The van der Waals surface area contributed by atoms with E-state index in [0.717, 1.165) is 19.6 Å². The zero-order valence-corrected chi connectivity index (χ0v) is 7.82. The Bertz CT molecular complexity index is 243. The Morgan fingerprint density at radius 2 is 2.00 bits per heavy atom. The molecule has 1 amide bonds. The third-order valence-corrected chi connectivity index (χ3v) is 3.71. The van der Waals surface area contributed by atoms with Crippen LogP contribution in [0.2, 0.25) is 0 Å². The average Bonchev–Trinajstić information content (AvgIpc) is 2.92. The SMILES string of the molecule is CC1CC1C(=O)NC1[C@H]2COC[C@H]12. The van der Waals surface area contributed by atoms with Crippen LogP contribution in [0.15, 0.2) is 0 Å². The van der Waals surface area contributed by atoms with Gasteiger partial charge in [-0.1, -0.05) is 6.92 Å². The predicted molar refractivity (Wildman–Crippen MR) is 47.0 cm³/mol. The maximum Gasteiger partial charge on any atom is 0.223 e. The van der Waals surface area contributed by atoms with Crippen molar-refractivity contribution in [3.63, 3.8) is 0 Å². The Morgan fingerprint density at radius 3 is 2.54 bits per heavy atom. The summed E-state index contributed by atoms with van der Waals surface area (Å²) in [6.45, 7) is 3.85. The third-order valence-electron chi connectivity index (χ3n) is 3.71. The first-order valence-electron chi connectivity index (χ1n) is 5.15.